The summed E-state index contributed by atoms with van der Waals surface area (Å²) in [6.07, 6.45) is 1.68. The third kappa shape index (κ3) is 7.41. The Hall–Kier alpha value is -0.590. The molecule has 0 heterocycles. The minimum atomic E-state index is -0.345. The van der Waals surface area contributed by atoms with Crippen LogP contribution < -0.4 is 0 Å². The molecule has 0 radical (unpaired) electrons. The Labute approximate surface area is 57.1 Å². The first-order valence-electron chi connectivity index (χ1n) is 3.16. The van der Waals surface area contributed by atoms with E-state index in [4.69, 9.17) is 0 Å². The molecule has 54 valence electrons. The van der Waals surface area contributed by atoms with Gasteiger partial charge in [-0.2, -0.15) is 0 Å². The van der Waals surface area contributed by atoms with Crippen molar-refractivity contribution in [2.45, 2.75) is 27.7 Å². The van der Waals surface area contributed by atoms with Crippen LogP contribution in [0, 0.1) is 0 Å². The van der Waals surface area contributed by atoms with E-state index in [1.165, 1.54) is 0 Å². The first-order valence-corrected chi connectivity index (χ1v) is 3.16. The van der Waals surface area contributed by atoms with E-state index in [1.54, 1.807) is 19.9 Å². The highest BCUT2D eigenvalue weighted by Crippen LogP contribution is 2.05. The maximum Gasteiger partial charge on any atom is 0.118 e. The zero-order chi connectivity index (χ0) is 7.86. The van der Waals surface area contributed by atoms with Crippen molar-refractivity contribution in [1.29, 1.82) is 0 Å². The van der Waals surface area contributed by atoms with E-state index in [9.17, 15) is 4.39 Å². The molecular formula is C8H15F. The minimum absolute atomic E-state index is 0.345. The zero-order valence-electron chi connectivity index (χ0n) is 6.66. The lowest BCUT2D eigenvalue weighted by atomic mass is 10.3. The summed E-state index contributed by atoms with van der Waals surface area (Å²) >= 11 is 0. The summed E-state index contributed by atoms with van der Waals surface area (Å²) in [5.74, 6) is -0.345. The van der Waals surface area contributed by atoms with Crippen LogP contribution >= 0.6 is 0 Å². The summed E-state index contributed by atoms with van der Waals surface area (Å²) in [6, 6.07) is 0. The Bertz CT molecular complexity index is 101. The predicted octanol–water partition coefficient (Wildman–Crippen LogP) is 3.46. The van der Waals surface area contributed by atoms with Gasteiger partial charge in [0.25, 0.3) is 0 Å². The van der Waals surface area contributed by atoms with E-state index < -0.39 is 0 Å². The van der Waals surface area contributed by atoms with Crippen molar-refractivity contribution in [1.82, 2.24) is 0 Å². The molecule has 0 fully saturated rings. The maximum absolute atomic E-state index is 11.8. The van der Waals surface area contributed by atoms with E-state index in [0.29, 0.717) is 5.57 Å². The van der Waals surface area contributed by atoms with Crippen LogP contribution in [0.2, 0.25) is 0 Å². The number of hydrogen-bond donors (Lipinski definition) is 0. The molecule has 0 aromatic heterocycles. The van der Waals surface area contributed by atoms with Crippen molar-refractivity contribution < 1.29 is 4.39 Å². The van der Waals surface area contributed by atoms with Crippen LogP contribution in [0.5, 0.6) is 0 Å². The van der Waals surface area contributed by atoms with Gasteiger partial charge in [-0.25, -0.2) is 4.39 Å². The molecule has 0 N–H and O–H groups in total. The number of hydrogen-bond acceptors (Lipinski definition) is 0. The average Bonchev–Trinajstić information content (AvgIpc) is 1.91. The molecule has 0 rings (SSSR count). The summed E-state index contributed by atoms with van der Waals surface area (Å²) in [7, 11) is 0. The molecule has 0 aliphatic rings. The molecule has 1 heteroatoms. The predicted molar refractivity (Wildman–Crippen MR) is 41.0 cm³/mol. The fraction of sp³-hybridized carbons (Fsp3) is 0.500. The normalized spacial score (nSPS) is 9.67. The summed E-state index contributed by atoms with van der Waals surface area (Å²) < 4.78 is 11.8. The molecule has 0 unspecified atom stereocenters. The molecule has 0 spiro atoms. The molecule has 0 saturated carbocycles. The van der Waals surface area contributed by atoms with Crippen molar-refractivity contribution >= 4 is 0 Å². The Morgan fingerprint density at radius 1 is 1.44 bits per heavy atom. The summed E-state index contributed by atoms with van der Waals surface area (Å²) in [4.78, 5) is 0. The second kappa shape index (κ2) is 7.41. The van der Waals surface area contributed by atoms with Gasteiger partial charge in [0, 0.05) is 0 Å². The van der Waals surface area contributed by atoms with Gasteiger partial charge in [-0.1, -0.05) is 26.5 Å². The topological polar surface area (TPSA) is 0 Å². The van der Waals surface area contributed by atoms with Crippen LogP contribution in [-0.2, 0) is 0 Å². The van der Waals surface area contributed by atoms with Crippen molar-refractivity contribution in [3.63, 3.8) is 0 Å². The van der Waals surface area contributed by atoms with Crippen LogP contribution in [0.25, 0.3) is 0 Å². The molecule has 0 atom stereocenters. The van der Waals surface area contributed by atoms with Gasteiger partial charge in [0.05, 0.1) is 0 Å². The van der Waals surface area contributed by atoms with Crippen molar-refractivity contribution in [3.8, 4) is 0 Å². The zero-order valence-corrected chi connectivity index (χ0v) is 6.66. The molecule has 0 amide bonds. The summed E-state index contributed by atoms with van der Waals surface area (Å²) in [5, 5.41) is 0. The van der Waals surface area contributed by atoms with Crippen LogP contribution in [0.4, 0.5) is 4.39 Å². The second-order valence-corrected chi connectivity index (χ2v) is 1.38. The quantitative estimate of drug-likeness (QED) is 0.477. The largest absolute Gasteiger partial charge is 0.207 e. The molecule has 0 saturated heterocycles. The first kappa shape index (κ1) is 11.2. The summed E-state index contributed by atoms with van der Waals surface area (Å²) in [5.41, 5.74) is 0.611. The Kier molecular flexibility index (Phi) is 9.25. The molecule has 0 nitrogen and oxygen atoms in total. The highest BCUT2D eigenvalue weighted by atomic mass is 19.1. The Morgan fingerprint density at radius 2 is 1.78 bits per heavy atom. The van der Waals surface area contributed by atoms with E-state index >= 15 is 0 Å². The van der Waals surface area contributed by atoms with Gasteiger partial charge >= 0.3 is 0 Å². The molecule has 0 aliphatic carbocycles. The van der Waals surface area contributed by atoms with Crippen LogP contribution in [0.15, 0.2) is 24.1 Å². The maximum atomic E-state index is 11.8. The number of allylic oxidation sites excluding steroid dienone is 3. The Morgan fingerprint density at radius 3 is 1.78 bits per heavy atom. The first-order chi connectivity index (χ1) is 4.18. The van der Waals surface area contributed by atoms with Crippen molar-refractivity contribution in [2.24, 2.45) is 0 Å². The van der Waals surface area contributed by atoms with Crippen LogP contribution in [0.3, 0.4) is 0 Å². The SMILES string of the molecule is C=C(F)/C(C)=C\C.CC. The lowest BCUT2D eigenvalue weighted by Crippen LogP contribution is -1.69. The third-order valence-electron chi connectivity index (χ3n) is 0.861. The standard InChI is InChI=1S/C6H9F.C2H6/c1-4-5(2)6(3)7;1-2/h4H,3H2,1-2H3;1-2H3/b5-4-;. The lowest BCUT2D eigenvalue weighted by Gasteiger charge is -1.87. The van der Waals surface area contributed by atoms with Crippen LogP contribution in [-0.4, -0.2) is 0 Å². The molecule has 0 bridgehead atoms. The van der Waals surface area contributed by atoms with E-state index in [0.717, 1.165) is 0 Å². The van der Waals surface area contributed by atoms with E-state index in [1.807, 2.05) is 13.8 Å². The number of rotatable bonds is 1. The van der Waals surface area contributed by atoms with Gasteiger partial charge in [0.1, 0.15) is 5.83 Å². The minimum Gasteiger partial charge on any atom is -0.207 e. The van der Waals surface area contributed by atoms with Gasteiger partial charge < -0.3 is 0 Å². The fourth-order valence-corrected chi connectivity index (χ4v) is 0.157. The third-order valence-corrected chi connectivity index (χ3v) is 0.861. The van der Waals surface area contributed by atoms with Crippen molar-refractivity contribution in [3.05, 3.63) is 24.1 Å². The van der Waals surface area contributed by atoms with Gasteiger partial charge in [-0.05, 0) is 19.4 Å². The fourth-order valence-electron chi connectivity index (χ4n) is 0.157. The molecular weight excluding hydrogens is 115 g/mol. The Balaban J connectivity index is 0. The van der Waals surface area contributed by atoms with Crippen molar-refractivity contribution in [2.75, 3.05) is 0 Å². The van der Waals surface area contributed by atoms with Gasteiger partial charge in [0.2, 0.25) is 0 Å². The van der Waals surface area contributed by atoms with E-state index in [-0.39, 0.29) is 5.83 Å². The molecule has 0 aromatic rings. The molecule has 0 aromatic carbocycles. The highest BCUT2D eigenvalue weighted by molar-refractivity contribution is 5.18. The molecule has 9 heavy (non-hydrogen) atoms. The van der Waals surface area contributed by atoms with Gasteiger partial charge in [-0.3, -0.25) is 0 Å². The number of halogens is 1. The molecule has 0 aliphatic heterocycles. The summed E-state index contributed by atoms with van der Waals surface area (Å²) in [6.45, 7) is 10.6. The second-order valence-electron chi connectivity index (χ2n) is 1.38. The van der Waals surface area contributed by atoms with E-state index in [2.05, 4.69) is 6.58 Å². The van der Waals surface area contributed by atoms with Gasteiger partial charge in [0.15, 0.2) is 0 Å². The smallest absolute Gasteiger partial charge is 0.118 e. The van der Waals surface area contributed by atoms with Gasteiger partial charge in [-0.15, -0.1) is 0 Å². The highest BCUT2D eigenvalue weighted by Gasteiger charge is 1.86. The monoisotopic (exact) mass is 130 g/mol. The average molecular weight is 130 g/mol. The lowest BCUT2D eigenvalue weighted by molar-refractivity contribution is 0.655. The van der Waals surface area contributed by atoms with Crippen LogP contribution in [0.1, 0.15) is 27.7 Å².